The Morgan fingerprint density at radius 3 is 2.42 bits per heavy atom. The Hall–Kier alpha value is -2.46. The van der Waals surface area contributed by atoms with Crippen molar-refractivity contribution in [1.82, 2.24) is 4.90 Å². The molecule has 0 bridgehead atoms. The van der Waals surface area contributed by atoms with Crippen LogP contribution in [0.4, 0.5) is 0 Å². The molecule has 1 heterocycles. The fourth-order valence-electron chi connectivity index (χ4n) is 2.93. The maximum Gasteiger partial charge on any atom is 0.254 e. The molecular formula is C20H21NO3. The van der Waals surface area contributed by atoms with Crippen LogP contribution in [-0.4, -0.2) is 42.4 Å². The number of rotatable bonds is 4. The van der Waals surface area contributed by atoms with E-state index in [-0.39, 0.29) is 17.8 Å². The first-order valence-corrected chi connectivity index (χ1v) is 8.30. The highest BCUT2D eigenvalue weighted by Crippen LogP contribution is 2.18. The van der Waals surface area contributed by atoms with E-state index in [0.717, 1.165) is 6.42 Å². The van der Waals surface area contributed by atoms with Crippen molar-refractivity contribution in [1.29, 1.82) is 0 Å². The lowest BCUT2D eigenvalue weighted by atomic mass is 9.97. The number of hydrogen-bond donors (Lipinski definition) is 0. The Balaban J connectivity index is 1.89. The Bertz CT molecular complexity index is 727. The predicted octanol–water partition coefficient (Wildman–Crippen LogP) is 3.17. The minimum Gasteiger partial charge on any atom is -0.375 e. The van der Waals surface area contributed by atoms with E-state index in [2.05, 4.69) is 0 Å². The van der Waals surface area contributed by atoms with Gasteiger partial charge < -0.3 is 9.64 Å². The highest BCUT2D eigenvalue weighted by molar-refractivity contribution is 6.15. The molecular weight excluding hydrogens is 302 g/mol. The van der Waals surface area contributed by atoms with Gasteiger partial charge in [0.05, 0.1) is 18.3 Å². The second kappa shape index (κ2) is 7.41. The van der Waals surface area contributed by atoms with Gasteiger partial charge >= 0.3 is 0 Å². The second-order valence-electron chi connectivity index (χ2n) is 5.89. The average Bonchev–Trinajstić information content (AvgIpc) is 2.67. The Labute approximate surface area is 142 Å². The minimum atomic E-state index is -0.125. The maximum absolute atomic E-state index is 12.9. The highest BCUT2D eigenvalue weighted by atomic mass is 16.5. The number of nitrogens with zero attached hydrogens (tertiary/aromatic N) is 1. The number of ether oxygens (including phenoxy) is 1. The molecule has 0 N–H and O–H groups in total. The van der Waals surface area contributed by atoms with Crippen LogP contribution in [0.1, 0.15) is 39.6 Å². The van der Waals surface area contributed by atoms with Crippen molar-refractivity contribution in [2.24, 2.45) is 0 Å². The van der Waals surface area contributed by atoms with Crippen molar-refractivity contribution in [3.63, 3.8) is 0 Å². The first-order valence-electron chi connectivity index (χ1n) is 8.30. The third-order valence-electron chi connectivity index (χ3n) is 4.32. The van der Waals surface area contributed by atoms with Crippen LogP contribution in [0, 0.1) is 0 Å². The topological polar surface area (TPSA) is 46.6 Å². The molecule has 0 saturated carbocycles. The van der Waals surface area contributed by atoms with E-state index in [9.17, 15) is 9.59 Å². The van der Waals surface area contributed by atoms with E-state index in [4.69, 9.17) is 4.74 Å². The van der Waals surface area contributed by atoms with Crippen molar-refractivity contribution in [3.05, 3.63) is 71.3 Å². The van der Waals surface area contributed by atoms with Crippen molar-refractivity contribution in [2.45, 2.75) is 19.4 Å². The molecule has 1 aliphatic heterocycles. The minimum absolute atomic E-state index is 0.0692. The van der Waals surface area contributed by atoms with E-state index in [1.165, 1.54) is 0 Å². The molecule has 1 atom stereocenters. The standard InChI is InChI=1S/C20H21NO3/c1-2-16-14-21(12-13-24-16)20(23)18-11-7-6-10-17(18)19(22)15-8-4-3-5-9-15/h3-11,16H,2,12-14H2,1H3. The molecule has 2 aromatic carbocycles. The fraction of sp³-hybridized carbons (Fsp3) is 0.300. The van der Waals surface area contributed by atoms with Crippen LogP contribution < -0.4 is 0 Å². The van der Waals surface area contributed by atoms with Gasteiger partial charge in [0, 0.05) is 24.2 Å². The van der Waals surface area contributed by atoms with E-state index in [0.29, 0.717) is 36.4 Å². The summed E-state index contributed by atoms with van der Waals surface area (Å²) in [5, 5.41) is 0. The molecule has 1 amide bonds. The third-order valence-corrected chi connectivity index (χ3v) is 4.32. The second-order valence-corrected chi connectivity index (χ2v) is 5.89. The van der Waals surface area contributed by atoms with E-state index in [1.807, 2.05) is 25.1 Å². The summed E-state index contributed by atoms with van der Waals surface area (Å²) in [6.45, 7) is 3.72. The van der Waals surface area contributed by atoms with Crippen molar-refractivity contribution < 1.29 is 14.3 Å². The summed E-state index contributed by atoms with van der Waals surface area (Å²) in [5.41, 5.74) is 1.50. The number of benzene rings is 2. The quantitative estimate of drug-likeness (QED) is 0.812. The number of amides is 1. The van der Waals surface area contributed by atoms with Gasteiger partial charge in [-0.2, -0.15) is 0 Å². The predicted molar refractivity (Wildman–Crippen MR) is 92.3 cm³/mol. The first kappa shape index (κ1) is 16.4. The van der Waals surface area contributed by atoms with Crippen molar-refractivity contribution in [3.8, 4) is 0 Å². The number of hydrogen-bond acceptors (Lipinski definition) is 3. The van der Waals surface area contributed by atoms with Gasteiger partial charge in [-0.1, -0.05) is 55.5 Å². The average molecular weight is 323 g/mol. The number of carbonyl (C=O) groups excluding carboxylic acids is 2. The van der Waals surface area contributed by atoms with Gasteiger partial charge in [-0.15, -0.1) is 0 Å². The maximum atomic E-state index is 12.9. The lowest BCUT2D eigenvalue weighted by molar-refractivity contribution is -0.0226. The number of morpholine rings is 1. The van der Waals surface area contributed by atoms with E-state index < -0.39 is 0 Å². The summed E-state index contributed by atoms with van der Waals surface area (Å²) in [6.07, 6.45) is 0.939. The van der Waals surface area contributed by atoms with E-state index in [1.54, 1.807) is 41.3 Å². The van der Waals surface area contributed by atoms with Gasteiger partial charge in [-0.25, -0.2) is 0 Å². The molecule has 4 heteroatoms. The Morgan fingerprint density at radius 1 is 1.04 bits per heavy atom. The lowest BCUT2D eigenvalue weighted by Crippen LogP contribution is -2.45. The molecule has 0 aliphatic carbocycles. The van der Waals surface area contributed by atoms with Crippen LogP contribution in [0.3, 0.4) is 0 Å². The number of carbonyl (C=O) groups is 2. The van der Waals surface area contributed by atoms with Gasteiger partial charge in [0.15, 0.2) is 5.78 Å². The summed E-state index contributed by atoms with van der Waals surface area (Å²) < 4.78 is 5.63. The highest BCUT2D eigenvalue weighted by Gasteiger charge is 2.26. The summed E-state index contributed by atoms with van der Waals surface area (Å²) in [6, 6.07) is 16.1. The third kappa shape index (κ3) is 3.39. The van der Waals surface area contributed by atoms with Crippen LogP contribution in [-0.2, 0) is 4.74 Å². The molecule has 2 aromatic rings. The van der Waals surface area contributed by atoms with Crippen LogP contribution in [0.15, 0.2) is 54.6 Å². The molecule has 1 fully saturated rings. The summed E-state index contributed by atoms with van der Waals surface area (Å²) in [5.74, 6) is -0.225. The Morgan fingerprint density at radius 2 is 1.71 bits per heavy atom. The van der Waals surface area contributed by atoms with E-state index >= 15 is 0 Å². The molecule has 24 heavy (non-hydrogen) atoms. The normalized spacial score (nSPS) is 17.5. The first-order chi connectivity index (χ1) is 11.7. The molecule has 4 nitrogen and oxygen atoms in total. The van der Waals surface area contributed by atoms with Gasteiger partial charge in [-0.3, -0.25) is 9.59 Å². The van der Waals surface area contributed by atoms with Crippen LogP contribution in [0.5, 0.6) is 0 Å². The van der Waals surface area contributed by atoms with Crippen molar-refractivity contribution >= 4 is 11.7 Å². The molecule has 0 aromatic heterocycles. The summed E-state index contributed by atoms with van der Waals surface area (Å²) in [4.78, 5) is 27.5. The molecule has 1 saturated heterocycles. The molecule has 1 unspecified atom stereocenters. The molecule has 124 valence electrons. The van der Waals surface area contributed by atoms with Crippen molar-refractivity contribution in [2.75, 3.05) is 19.7 Å². The Kier molecular flexibility index (Phi) is 5.06. The summed E-state index contributed by atoms with van der Waals surface area (Å²) in [7, 11) is 0. The SMILES string of the molecule is CCC1CN(C(=O)c2ccccc2C(=O)c2ccccc2)CCO1. The monoisotopic (exact) mass is 323 g/mol. The van der Waals surface area contributed by atoms with Gasteiger partial charge in [-0.05, 0) is 12.5 Å². The van der Waals surface area contributed by atoms with Gasteiger partial charge in [0.2, 0.25) is 0 Å². The molecule has 0 spiro atoms. The molecule has 0 radical (unpaired) electrons. The smallest absolute Gasteiger partial charge is 0.254 e. The summed E-state index contributed by atoms with van der Waals surface area (Å²) >= 11 is 0. The lowest BCUT2D eigenvalue weighted by Gasteiger charge is -2.32. The zero-order valence-electron chi connectivity index (χ0n) is 13.8. The van der Waals surface area contributed by atoms with Gasteiger partial charge in [0.25, 0.3) is 5.91 Å². The van der Waals surface area contributed by atoms with Crippen LogP contribution in [0.2, 0.25) is 0 Å². The molecule has 3 rings (SSSR count). The molecule has 1 aliphatic rings. The fourth-order valence-corrected chi connectivity index (χ4v) is 2.93. The van der Waals surface area contributed by atoms with Crippen LogP contribution >= 0.6 is 0 Å². The zero-order valence-corrected chi connectivity index (χ0v) is 13.8. The van der Waals surface area contributed by atoms with Gasteiger partial charge in [0.1, 0.15) is 0 Å². The van der Waals surface area contributed by atoms with Crippen LogP contribution in [0.25, 0.3) is 0 Å². The zero-order chi connectivity index (χ0) is 16.9. The number of ketones is 1. The largest absolute Gasteiger partial charge is 0.375 e.